The number of allylic oxidation sites excluding steroid dienone is 2. The minimum absolute atomic E-state index is 0.0935. The molecule has 1 fully saturated rings. The molecule has 0 atom stereocenters. The molecule has 1 aliphatic heterocycles. The van der Waals surface area contributed by atoms with E-state index in [1.54, 1.807) is 12.3 Å². The fraction of sp³-hybridized carbons (Fsp3) is 0.391. The maximum atomic E-state index is 12.7. The second-order valence-corrected chi connectivity index (χ2v) is 8.33. The van der Waals surface area contributed by atoms with Crippen molar-refractivity contribution in [1.82, 2.24) is 15.2 Å². The highest BCUT2D eigenvalue weighted by atomic mass is 32.1. The number of nitrogens with zero attached hydrogens (tertiary/aromatic N) is 4. The van der Waals surface area contributed by atoms with Gasteiger partial charge >= 0.3 is 0 Å². The van der Waals surface area contributed by atoms with Crippen molar-refractivity contribution in [3.63, 3.8) is 0 Å². The number of aromatic nitrogens is 1. The van der Waals surface area contributed by atoms with Crippen LogP contribution < -0.4 is 10.2 Å². The number of rotatable bonds is 7. The second kappa shape index (κ2) is 10.7. The summed E-state index contributed by atoms with van der Waals surface area (Å²) in [6.45, 7) is 6.61. The van der Waals surface area contributed by atoms with E-state index in [0.717, 1.165) is 23.5 Å². The van der Waals surface area contributed by atoms with Gasteiger partial charge in [0.25, 0.3) is 5.91 Å². The molecule has 2 amide bonds. The molecule has 1 aliphatic rings. The van der Waals surface area contributed by atoms with E-state index < -0.39 is 0 Å². The Balaban J connectivity index is 1.49. The number of nitriles is 1. The Labute approximate surface area is 187 Å². The van der Waals surface area contributed by atoms with E-state index in [1.165, 1.54) is 11.3 Å². The van der Waals surface area contributed by atoms with E-state index in [2.05, 4.69) is 21.3 Å². The van der Waals surface area contributed by atoms with E-state index in [9.17, 15) is 9.59 Å². The lowest BCUT2D eigenvalue weighted by Crippen LogP contribution is -2.49. The van der Waals surface area contributed by atoms with Crippen molar-refractivity contribution in [3.8, 4) is 6.07 Å². The van der Waals surface area contributed by atoms with Crippen LogP contribution in [0.3, 0.4) is 0 Å². The highest BCUT2D eigenvalue weighted by molar-refractivity contribution is 7.12. The molecule has 0 radical (unpaired) electrons. The van der Waals surface area contributed by atoms with Crippen molar-refractivity contribution in [2.75, 3.05) is 31.1 Å². The Morgan fingerprint density at radius 3 is 2.58 bits per heavy atom. The van der Waals surface area contributed by atoms with Gasteiger partial charge in [-0.05, 0) is 48.9 Å². The summed E-state index contributed by atoms with van der Waals surface area (Å²) < 4.78 is 0. The molecule has 3 rings (SSSR count). The quantitative estimate of drug-likeness (QED) is 0.716. The number of hydrogen-bond acceptors (Lipinski definition) is 6. The summed E-state index contributed by atoms with van der Waals surface area (Å²) in [5.74, 6) is 0.810. The summed E-state index contributed by atoms with van der Waals surface area (Å²) in [6, 6.07) is 7.60. The second-order valence-electron chi connectivity index (χ2n) is 7.41. The summed E-state index contributed by atoms with van der Waals surface area (Å²) in [5.41, 5.74) is 2.30. The molecule has 0 bridgehead atoms. The maximum absolute atomic E-state index is 12.7. The van der Waals surface area contributed by atoms with Crippen LogP contribution >= 0.6 is 11.3 Å². The minimum Gasteiger partial charge on any atom is -0.353 e. The zero-order valence-electron chi connectivity index (χ0n) is 17.9. The molecule has 2 aromatic heterocycles. The van der Waals surface area contributed by atoms with Crippen molar-refractivity contribution >= 4 is 29.0 Å². The van der Waals surface area contributed by atoms with Crippen molar-refractivity contribution in [2.45, 2.75) is 33.1 Å². The van der Waals surface area contributed by atoms with Gasteiger partial charge in [0.05, 0.1) is 10.4 Å². The third kappa shape index (κ3) is 5.92. The Morgan fingerprint density at radius 1 is 1.23 bits per heavy atom. The summed E-state index contributed by atoms with van der Waals surface area (Å²) in [4.78, 5) is 34.3. The number of anilines is 1. The first-order chi connectivity index (χ1) is 15.0. The van der Waals surface area contributed by atoms with E-state index >= 15 is 0 Å². The summed E-state index contributed by atoms with van der Waals surface area (Å²) in [7, 11) is 0. The van der Waals surface area contributed by atoms with E-state index in [1.807, 2.05) is 42.3 Å². The van der Waals surface area contributed by atoms with Crippen LogP contribution in [0, 0.1) is 18.3 Å². The molecule has 7 nitrogen and oxygen atoms in total. The SMILES string of the molecule is CC/C=C(\CCC(=O)N1CCN(c2ccc(C#N)cn2)CC1)NC(=O)c1sccc1C. The van der Waals surface area contributed by atoms with Gasteiger partial charge in [0.1, 0.15) is 11.9 Å². The number of nitrogens with one attached hydrogen (secondary N) is 1. The largest absolute Gasteiger partial charge is 0.353 e. The third-order valence-corrected chi connectivity index (χ3v) is 6.25. The molecule has 0 saturated carbocycles. The Bertz CT molecular complexity index is 982. The summed E-state index contributed by atoms with van der Waals surface area (Å²) in [6.07, 6.45) is 5.22. The van der Waals surface area contributed by atoms with E-state index in [-0.39, 0.29) is 11.8 Å². The van der Waals surface area contributed by atoms with Crippen LogP contribution in [0.15, 0.2) is 41.5 Å². The molecule has 31 heavy (non-hydrogen) atoms. The Kier molecular flexibility index (Phi) is 7.79. The lowest BCUT2D eigenvalue weighted by atomic mass is 10.1. The van der Waals surface area contributed by atoms with Crippen LogP contribution in [0.4, 0.5) is 5.82 Å². The average Bonchev–Trinajstić information content (AvgIpc) is 3.23. The predicted octanol–water partition coefficient (Wildman–Crippen LogP) is 3.48. The first-order valence-electron chi connectivity index (χ1n) is 10.4. The Morgan fingerprint density at radius 2 is 2.00 bits per heavy atom. The molecule has 2 aromatic rings. The normalized spacial score (nSPS) is 14.3. The van der Waals surface area contributed by atoms with Crippen LogP contribution in [-0.4, -0.2) is 47.9 Å². The number of hydrogen-bond donors (Lipinski definition) is 1. The fourth-order valence-electron chi connectivity index (χ4n) is 3.49. The average molecular weight is 438 g/mol. The first-order valence-corrected chi connectivity index (χ1v) is 11.3. The van der Waals surface area contributed by atoms with E-state index in [0.29, 0.717) is 49.5 Å². The summed E-state index contributed by atoms with van der Waals surface area (Å²) >= 11 is 1.43. The zero-order valence-corrected chi connectivity index (χ0v) is 18.7. The third-order valence-electron chi connectivity index (χ3n) is 5.23. The highest BCUT2D eigenvalue weighted by Gasteiger charge is 2.22. The first kappa shape index (κ1) is 22.5. The fourth-order valence-corrected chi connectivity index (χ4v) is 4.31. The molecule has 0 aromatic carbocycles. The van der Waals surface area contributed by atoms with Crippen LogP contribution in [0.5, 0.6) is 0 Å². The monoisotopic (exact) mass is 437 g/mol. The van der Waals surface area contributed by atoms with Crippen molar-refractivity contribution < 1.29 is 9.59 Å². The smallest absolute Gasteiger partial charge is 0.265 e. The molecule has 0 aliphatic carbocycles. The highest BCUT2D eigenvalue weighted by Crippen LogP contribution is 2.18. The number of aryl methyl sites for hydroxylation is 1. The van der Waals surface area contributed by atoms with Crippen LogP contribution in [0.1, 0.15) is 47.0 Å². The van der Waals surface area contributed by atoms with Crippen molar-refractivity contribution in [1.29, 1.82) is 5.26 Å². The van der Waals surface area contributed by atoms with Gasteiger partial charge < -0.3 is 15.1 Å². The number of pyridine rings is 1. The number of amides is 2. The minimum atomic E-state index is -0.108. The molecular formula is C23H27N5O2S. The van der Waals surface area contributed by atoms with Gasteiger partial charge in [-0.1, -0.05) is 13.0 Å². The molecular weight excluding hydrogens is 410 g/mol. The van der Waals surface area contributed by atoms with Crippen molar-refractivity contribution in [2.24, 2.45) is 0 Å². The topological polar surface area (TPSA) is 89.3 Å². The summed E-state index contributed by atoms with van der Waals surface area (Å²) in [5, 5.41) is 13.8. The predicted molar refractivity (Wildman–Crippen MR) is 122 cm³/mol. The van der Waals surface area contributed by atoms with Crippen molar-refractivity contribution in [3.05, 3.63) is 57.6 Å². The van der Waals surface area contributed by atoms with Crippen LogP contribution in [0.2, 0.25) is 0 Å². The molecule has 162 valence electrons. The lowest BCUT2D eigenvalue weighted by molar-refractivity contribution is -0.131. The van der Waals surface area contributed by atoms with Crippen LogP contribution in [0.25, 0.3) is 0 Å². The Hall–Kier alpha value is -3.18. The van der Waals surface area contributed by atoms with E-state index in [4.69, 9.17) is 5.26 Å². The number of carbonyl (C=O) groups excluding carboxylic acids is 2. The molecule has 8 heteroatoms. The van der Waals surface area contributed by atoms with Gasteiger partial charge in [-0.25, -0.2) is 4.98 Å². The van der Waals surface area contributed by atoms with Gasteiger partial charge in [0, 0.05) is 44.5 Å². The zero-order chi connectivity index (χ0) is 22.2. The molecule has 3 heterocycles. The number of thiophene rings is 1. The molecule has 1 N–H and O–H groups in total. The maximum Gasteiger partial charge on any atom is 0.265 e. The lowest BCUT2D eigenvalue weighted by Gasteiger charge is -2.35. The van der Waals surface area contributed by atoms with Gasteiger partial charge in [0.2, 0.25) is 5.91 Å². The standard InChI is InChI=1S/C23H27N5O2S/c1-3-4-19(26-23(30)22-17(2)9-14-31-22)6-8-21(29)28-12-10-27(11-13-28)20-7-5-18(15-24)16-25-20/h4-5,7,9,14,16H,3,6,8,10-13H2,1-2H3,(H,26,30)/b19-4+. The van der Waals surface area contributed by atoms with Gasteiger partial charge in [-0.3, -0.25) is 9.59 Å². The van der Waals surface area contributed by atoms with Crippen LogP contribution in [-0.2, 0) is 4.79 Å². The van der Waals surface area contributed by atoms with Gasteiger partial charge in [-0.15, -0.1) is 11.3 Å². The number of carbonyl (C=O) groups is 2. The molecule has 0 unspecified atom stereocenters. The van der Waals surface area contributed by atoms with Gasteiger partial charge in [0.15, 0.2) is 0 Å². The number of piperazine rings is 1. The molecule has 0 spiro atoms. The van der Waals surface area contributed by atoms with Gasteiger partial charge in [-0.2, -0.15) is 5.26 Å². The molecule has 1 saturated heterocycles.